The Kier molecular flexibility index (Phi) is 4.80. The standard InChI is InChI=1S/C16H17NO4S/c18-15-6-7-16(19)21-17-9-8-13(10-14(17)20-15)22-11-12-4-2-1-3-5-12/h1-7,13-14H,8-11H2/b7-6-. The van der Waals surface area contributed by atoms with Gasteiger partial charge >= 0.3 is 11.9 Å². The van der Waals surface area contributed by atoms with E-state index in [1.807, 2.05) is 30.0 Å². The van der Waals surface area contributed by atoms with E-state index >= 15 is 0 Å². The molecule has 5 nitrogen and oxygen atoms in total. The molecule has 2 unspecified atom stereocenters. The van der Waals surface area contributed by atoms with Gasteiger partial charge in [-0.2, -0.15) is 11.8 Å². The Morgan fingerprint density at radius 1 is 1.14 bits per heavy atom. The highest BCUT2D eigenvalue weighted by Crippen LogP contribution is 2.31. The Hall–Kier alpha value is -1.79. The second-order valence-corrected chi connectivity index (χ2v) is 6.51. The number of nitrogens with zero attached hydrogens (tertiary/aromatic N) is 1. The van der Waals surface area contributed by atoms with Gasteiger partial charge in [0.05, 0.1) is 0 Å². The van der Waals surface area contributed by atoms with Crippen molar-refractivity contribution in [1.82, 2.24) is 5.06 Å². The molecule has 2 aliphatic heterocycles. The Morgan fingerprint density at radius 2 is 1.91 bits per heavy atom. The molecule has 22 heavy (non-hydrogen) atoms. The number of ether oxygens (including phenoxy) is 1. The van der Waals surface area contributed by atoms with Gasteiger partial charge in [-0.1, -0.05) is 35.4 Å². The van der Waals surface area contributed by atoms with E-state index in [0.29, 0.717) is 18.2 Å². The molecular formula is C16H17NO4S. The quantitative estimate of drug-likeness (QED) is 0.797. The highest BCUT2D eigenvalue weighted by atomic mass is 32.2. The predicted octanol–water partition coefficient (Wildman–Crippen LogP) is 2.28. The molecule has 0 aromatic heterocycles. The average molecular weight is 319 g/mol. The fourth-order valence-electron chi connectivity index (χ4n) is 2.48. The number of rotatable bonds is 3. The van der Waals surface area contributed by atoms with Crippen LogP contribution in [0.3, 0.4) is 0 Å². The third-order valence-electron chi connectivity index (χ3n) is 3.60. The van der Waals surface area contributed by atoms with Gasteiger partial charge in [-0.25, -0.2) is 9.59 Å². The summed E-state index contributed by atoms with van der Waals surface area (Å²) in [6, 6.07) is 10.3. The van der Waals surface area contributed by atoms with Crippen molar-refractivity contribution >= 4 is 23.7 Å². The fourth-order valence-corrected chi connectivity index (χ4v) is 3.68. The Labute approximate surface area is 133 Å². The van der Waals surface area contributed by atoms with Crippen molar-refractivity contribution in [2.75, 3.05) is 6.54 Å². The molecule has 2 aliphatic rings. The number of carbonyl (C=O) groups is 2. The number of thioether (sulfide) groups is 1. The Bertz CT molecular complexity index is 575. The molecule has 0 spiro atoms. The molecule has 0 amide bonds. The first-order valence-corrected chi connectivity index (χ1v) is 8.28. The van der Waals surface area contributed by atoms with Crippen molar-refractivity contribution in [3.63, 3.8) is 0 Å². The van der Waals surface area contributed by atoms with Gasteiger partial charge in [0.1, 0.15) is 0 Å². The van der Waals surface area contributed by atoms with Crippen LogP contribution in [-0.4, -0.2) is 35.0 Å². The van der Waals surface area contributed by atoms with Crippen molar-refractivity contribution in [2.45, 2.75) is 30.1 Å². The summed E-state index contributed by atoms with van der Waals surface area (Å²) < 4.78 is 5.34. The zero-order valence-electron chi connectivity index (χ0n) is 12.0. The van der Waals surface area contributed by atoms with Crippen LogP contribution in [0, 0.1) is 0 Å². The van der Waals surface area contributed by atoms with Crippen molar-refractivity contribution < 1.29 is 19.2 Å². The smallest absolute Gasteiger partial charge is 0.350 e. The van der Waals surface area contributed by atoms with Crippen LogP contribution in [0.4, 0.5) is 0 Å². The Morgan fingerprint density at radius 3 is 2.73 bits per heavy atom. The normalized spacial score (nSPS) is 27.1. The van der Waals surface area contributed by atoms with E-state index in [4.69, 9.17) is 9.57 Å². The lowest BCUT2D eigenvalue weighted by Gasteiger charge is -2.36. The average Bonchev–Trinajstić information content (AvgIpc) is 2.53. The summed E-state index contributed by atoms with van der Waals surface area (Å²) >= 11 is 1.84. The lowest BCUT2D eigenvalue weighted by atomic mass is 10.1. The van der Waals surface area contributed by atoms with Crippen LogP contribution in [0.25, 0.3) is 0 Å². The summed E-state index contributed by atoms with van der Waals surface area (Å²) in [7, 11) is 0. The van der Waals surface area contributed by atoms with E-state index in [-0.39, 0.29) is 0 Å². The minimum Gasteiger partial charge on any atom is -0.440 e. The zero-order valence-corrected chi connectivity index (χ0v) is 12.8. The minimum atomic E-state index is -0.531. The molecule has 1 aromatic rings. The van der Waals surface area contributed by atoms with Crippen LogP contribution < -0.4 is 0 Å². The van der Waals surface area contributed by atoms with E-state index in [2.05, 4.69) is 12.1 Å². The molecule has 2 atom stereocenters. The van der Waals surface area contributed by atoms with E-state index in [1.54, 1.807) is 0 Å². The second kappa shape index (κ2) is 6.98. The largest absolute Gasteiger partial charge is 0.440 e. The zero-order chi connectivity index (χ0) is 15.4. The van der Waals surface area contributed by atoms with Crippen molar-refractivity contribution in [3.8, 4) is 0 Å². The third kappa shape index (κ3) is 3.90. The van der Waals surface area contributed by atoms with Gasteiger partial charge in [0.15, 0.2) is 6.23 Å². The molecule has 2 heterocycles. The summed E-state index contributed by atoms with van der Waals surface area (Å²) in [5, 5.41) is 1.85. The van der Waals surface area contributed by atoms with Crippen molar-refractivity contribution in [1.29, 1.82) is 0 Å². The number of hydrogen-bond acceptors (Lipinski definition) is 6. The molecular weight excluding hydrogens is 302 g/mol. The molecule has 1 aromatic carbocycles. The van der Waals surface area contributed by atoms with Crippen LogP contribution in [0.1, 0.15) is 18.4 Å². The number of benzene rings is 1. The maximum absolute atomic E-state index is 11.6. The molecule has 0 aliphatic carbocycles. The maximum Gasteiger partial charge on any atom is 0.350 e. The van der Waals surface area contributed by atoms with Gasteiger partial charge in [-0.3, -0.25) is 0 Å². The minimum absolute atomic E-state index is 0.372. The summed E-state index contributed by atoms with van der Waals surface area (Å²) in [5.41, 5.74) is 1.28. The predicted molar refractivity (Wildman–Crippen MR) is 82.6 cm³/mol. The van der Waals surface area contributed by atoms with Crippen LogP contribution in [0.2, 0.25) is 0 Å². The first kappa shape index (κ1) is 15.1. The van der Waals surface area contributed by atoms with E-state index in [1.165, 1.54) is 10.6 Å². The fraction of sp³-hybridized carbons (Fsp3) is 0.375. The summed E-state index contributed by atoms with van der Waals surface area (Å²) in [6.45, 7) is 0.573. The number of fused-ring (bicyclic) bond motifs is 1. The van der Waals surface area contributed by atoms with Gasteiger partial charge in [0.2, 0.25) is 0 Å². The van der Waals surface area contributed by atoms with Gasteiger partial charge < -0.3 is 9.57 Å². The van der Waals surface area contributed by atoms with Crippen LogP contribution in [0.5, 0.6) is 0 Å². The summed E-state index contributed by atoms with van der Waals surface area (Å²) in [6.07, 6.45) is 3.26. The number of hydroxylamine groups is 2. The van der Waals surface area contributed by atoms with E-state index in [9.17, 15) is 9.59 Å². The van der Waals surface area contributed by atoms with Gasteiger partial charge in [-0.15, -0.1) is 0 Å². The molecule has 116 valence electrons. The van der Waals surface area contributed by atoms with Gasteiger partial charge in [0, 0.05) is 36.1 Å². The topological polar surface area (TPSA) is 55.8 Å². The number of piperidine rings is 1. The molecule has 0 radical (unpaired) electrons. The summed E-state index contributed by atoms with van der Waals surface area (Å²) in [4.78, 5) is 28.2. The Balaban J connectivity index is 1.58. The lowest BCUT2D eigenvalue weighted by Crippen LogP contribution is -2.47. The summed E-state index contributed by atoms with van der Waals surface area (Å²) in [5.74, 6) is -0.108. The maximum atomic E-state index is 11.6. The monoisotopic (exact) mass is 319 g/mol. The highest BCUT2D eigenvalue weighted by molar-refractivity contribution is 7.99. The molecule has 3 rings (SSSR count). The first-order valence-electron chi connectivity index (χ1n) is 7.23. The molecule has 1 saturated heterocycles. The number of esters is 1. The van der Waals surface area contributed by atoms with Gasteiger partial charge in [0.25, 0.3) is 0 Å². The van der Waals surface area contributed by atoms with E-state index in [0.717, 1.165) is 24.3 Å². The lowest BCUT2D eigenvalue weighted by molar-refractivity contribution is -0.246. The first-order chi connectivity index (χ1) is 10.7. The number of hydrogen-bond donors (Lipinski definition) is 0. The molecule has 0 bridgehead atoms. The van der Waals surface area contributed by atoms with Crippen LogP contribution in [0.15, 0.2) is 42.5 Å². The molecule has 1 fully saturated rings. The van der Waals surface area contributed by atoms with Crippen LogP contribution in [-0.2, 0) is 24.9 Å². The number of carbonyl (C=O) groups excluding carboxylic acids is 2. The van der Waals surface area contributed by atoms with Gasteiger partial charge in [-0.05, 0) is 12.0 Å². The third-order valence-corrected chi connectivity index (χ3v) is 5.00. The van der Waals surface area contributed by atoms with Crippen LogP contribution >= 0.6 is 11.8 Å². The van der Waals surface area contributed by atoms with E-state index < -0.39 is 18.2 Å². The molecule has 0 N–H and O–H groups in total. The second-order valence-electron chi connectivity index (χ2n) is 5.22. The molecule has 6 heteroatoms. The highest BCUT2D eigenvalue weighted by Gasteiger charge is 2.34. The van der Waals surface area contributed by atoms with Crippen molar-refractivity contribution in [2.24, 2.45) is 0 Å². The van der Waals surface area contributed by atoms with Crippen molar-refractivity contribution in [3.05, 3.63) is 48.0 Å². The molecule has 0 saturated carbocycles. The SMILES string of the molecule is O=C1/C=C\C(=O)ON2CCC(SCc3ccccc3)CC2O1.